The first-order chi connectivity index (χ1) is 13.2. The summed E-state index contributed by atoms with van der Waals surface area (Å²) in [4.78, 5) is 15.2. The number of aromatic nitrogens is 1. The fraction of sp³-hybridized carbons (Fsp3) is 0. The Morgan fingerprint density at radius 1 is 1.11 bits per heavy atom. The Hall–Kier alpha value is -3.70. The number of nitrogens with one attached hydrogen (secondary N) is 1. The molecule has 7 N–H and O–H groups in total. The van der Waals surface area contributed by atoms with Gasteiger partial charge in [-0.2, -0.15) is 0 Å². The molecular weight excluding hydrogens is 382 g/mol. The van der Waals surface area contributed by atoms with E-state index in [1.807, 2.05) is 0 Å². The molecule has 2 aromatic carbocycles. The standard InChI is InChI=1S/C17H15N7O3S/c18-16(23-24-20)15-11(2-1-3-14(15)28(21,26)27)9-4-6-12-10(8-9)5-7-13(22-12)17(19)25/h1-8H,(H2,19,25)(H3,18,20,23)(H2,21,26,27). The number of benzene rings is 2. The van der Waals surface area contributed by atoms with Crippen LogP contribution in [0.1, 0.15) is 16.1 Å². The molecule has 0 saturated carbocycles. The first-order valence-electron chi connectivity index (χ1n) is 7.79. The highest BCUT2D eigenvalue weighted by Crippen LogP contribution is 2.31. The molecule has 0 aliphatic carbocycles. The van der Waals surface area contributed by atoms with Crippen molar-refractivity contribution in [1.82, 2.24) is 4.98 Å². The average molecular weight is 397 g/mol. The quantitative estimate of drug-likeness (QED) is 0.169. The molecule has 0 unspecified atom stereocenters. The van der Waals surface area contributed by atoms with Crippen molar-refractivity contribution >= 4 is 32.7 Å². The summed E-state index contributed by atoms with van der Waals surface area (Å²) in [6, 6.07) is 12.6. The maximum Gasteiger partial charge on any atom is 0.267 e. The fourth-order valence-electron chi connectivity index (χ4n) is 2.79. The van der Waals surface area contributed by atoms with E-state index >= 15 is 0 Å². The number of pyridine rings is 1. The van der Waals surface area contributed by atoms with Crippen LogP contribution in [-0.4, -0.2) is 25.1 Å². The second-order valence-corrected chi connectivity index (χ2v) is 7.29. The highest BCUT2D eigenvalue weighted by molar-refractivity contribution is 7.89. The van der Waals surface area contributed by atoms with Gasteiger partial charge in [-0.3, -0.25) is 10.2 Å². The van der Waals surface area contributed by atoms with Crippen molar-refractivity contribution < 1.29 is 13.2 Å². The van der Waals surface area contributed by atoms with Crippen molar-refractivity contribution in [2.75, 3.05) is 0 Å². The molecule has 0 spiro atoms. The third kappa shape index (κ3) is 3.56. The van der Waals surface area contributed by atoms with Gasteiger partial charge in [0, 0.05) is 10.9 Å². The van der Waals surface area contributed by atoms with Crippen LogP contribution in [0, 0.1) is 5.41 Å². The summed E-state index contributed by atoms with van der Waals surface area (Å²) in [6.07, 6.45) is 0. The van der Waals surface area contributed by atoms with Crippen molar-refractivity contribution in [2.45, 2.75) is 4.90 Å². The second kappa shape index (κ2) is 7.13. The molecule has 28 heavy (non-hydrogen) atoms. The lowest BCUT2D eigenvalue weighted by Gasteiger charge is -2.13. The zero-order valence-electron chi connectivity index (χ0n) is 14.3. The van der Waals surface area contributed by atoms with Crippen LogP contribution in [-0.2, 0) is 10.0 Å². The third-order valence-corrected chi connectivity index (χ3v) is 4.93. The minimum atomic E-state index is -4.13. The number of hydrogen-bond donors (Lipinski definition) is 4. The van der Waals surface area contributed by atoms with Crippen molar-refractivity contribution in [3.63, 3.8) is 0 Å². The lowest BCUT2D eigenvalue weighted by Crippen LogP contribution is -2.17. The molecule has 142 valence electrons. The molecule has 1 amide bonds. The SMILES string of the molecule is N=C(N=NN)c1c(-c2ccc3nc(C(N)=O)ccc3c2)cccc1S(N)(=O)=O. The molecule has 0 fully saturated rings. The van der Waals surface area contributed by atoms with Crippen molar-refractivity contribution in [1.29, 1.82) is 5.41 Å². The predicted molar refractivity (Wildman–Crippen MR) is 103 cm³/mol. The van der Waals surface area contributed by atoms with Gasteiger partial charge < -0.3 is 11.6 Å². The topological polar surface area (TPSA) is 191 Å². The lowest BCUT2D eigenvalue weighted by atomic mass is 9.97. The van der Waals surface area contributed by atoms with Gasteiger partial charge in [0.1, 0.15) is 5.69 Å². The minimum absolute atomic E-state index is 0.0275. The van der Waals surface area contributed by atoms with Crippen LogP contribution < -0.4 is 16.7 Å². The van der Waals surface area contributed by atoms with Gasteiger partial charge in [-0.1, -0.05) is 29.5 Å². The number of nitrogens with two attached hydrogens (primary N) is 3. The molecule has 0 bridgehead atoms. The number of nitrogens with zero attached hydrogens (tertiary/aromatic N) is 3. The number of sulfonamides is 1. The van der Waals surface area contributed by atoms with Crippen LogP contribution in [0.15, 0.2) is 63.8 Å². The number of carbonyl (C=O) groups excluding carboxylic acids is 1. The molecule has 3 rings (SSSR count). The fourth-order valence-corrected chi connectivity index (χ4v) is 3.55. The molecule has 0 saturated heterocycles. The first kappa shape index (κ1) is 19.1. The predicted octanol–water partition coefficient (Wildman–Crippen LogP) is 1.30. The molecule has 10 nitrogen and oxygen atoms in total. The van der Waals surface area contributed by atoms with Crippen LogP contribution in [0.25, 0.3) is 22.0 Å². The Balaban J connectivity index is 2.27. The first-order valence-corrected chi connectivity index (χ1v) is 9.33. The molecule has 0 radical (unpaired) electrons. The monoisotopic (exact) mass is 397 g/mol. The summed E-state index contributed by atoms with van der Waals surface area (Å²) in [6.45, 7) is 0. The maximum absolute atomic E-state index is 12.0. The van der Waals surface area contributed by atoms with Gasteiger partial charge >= 0.3 is 0 Å². The summed E-state index contributed by atoms with van der Waals surface area (Å²) in [5.41, 5.74) is 6.85. The summed E-state index contributed by atoms with van der Waals surface area (Å²) in [5, 5.41) is 20.5. The summed E-state index contributed by atoms with van der Waals surface area (Å²) in [7, 11) is -4.13. The summed E-state index contributed by atoms with van der Waals surface area (Å²) in [5.74, 6) is 3.92. The Kier molecular flexibility index (Phi) is 4.86. The molecule has 11 heteroatoms. The third-order valence-electron chi connectivity index (χ3n) is 3.98. The Labute approximate surface area is 159 Å². The van der Waals surface area contributed by atoms with Gasteiger partial charge in [-0.05, 0) is 35.4 Å². The summed E-state index contributed by atoms with van der Waals surface area (Å²) < 4.78 is 24.0. The van der Waals surface area contributed by atoms with Gasteiger partial charge in [0.2, 0.25) is 10.0 Å². The summed E-state index contributed by atoms with van der Waals surface area (Å²) >= 11 is 0. The van der Waals surface area contributed by atoms with E-state index in [4.69, 9.17) is 22.1 Å². The smallest absolute Gasteiger partial charge is 0.267 e. The van der Waals surface area contributed by atoms with E-state index in [0.29, 0.717) is 22.0 Å². The maximum atomic E-state index is 12.0. The molecular formula is C17H15N7O3S. The van der Waals surface area contributed by atoms with Gasteiger partial charge in [-0.15, -0.1) is 5.11 Å². The number of carbonyl (C=O) groups is 1. The highest BCUT2D eigenvalue weighted by atomic mass is 32.2. The number of amidine groups is 1. The van der Waals surface area contributed by atoms with Crippen LogP contribution in [0.5, 0.6) is 0 Å². The second-order valence-electron chi connectivity index (χ2n) is 5.76. The van der Waals surface area contributed by atoms with E-state index < -0.39 is 21.8 Å². The van der Waals surface area contributed by atoms with E-state index in [9.17, 15) is 13.2 Å². The zero-order chi connectivity index (χ0) is 20.5. The largest absolute Gasteiger partial charge is 0.364 e. The molecule has 1 heterocycles. The van der Waals surface area contributed by atoms with Crippen LogP contribution in [0.4, 0.5) is 0 Å². The number of rotatable bonds is 4. The number of amides is 1. The van der Waals surface area contributed by atoms with Gasteiger partial charge in [0.15, 0.2) is 5.84 Å². The van der Waals surface area contributed by atoms with Gasteiger partial charge in [-0.25, -0.2) is 18.5 Å². The average Bonchev–Trinajstić information content (AvgIpc) is 2.66. The molecule has 0 aliphatic heterocycles. The van der Waals surface area contributed by atoms with E-state index in [2.05, 4.69) is 15.3 Å². The van der Waals surface area contributed by atoms with Crippen LogP contribution in [0.3, 0.4) is 0 Å². The molecule has 0 aliphatic rings. The van der Waals surface area contributed by atoms with Crippen molar-refractivity contribution in [3.05, 3.63) is 59.8 Å². The lowest BCUT2D eigenvalue weighted by molar-refractivity contribution is 0.0996. The van der Waals surface area contributed by atoms with E-state index in [1.54, 1.807) is 30.3 Å². The van der Waals surface area contributed by atoms with Crippen molar-refractivity contribution in [3.8, 4) is 11.1 Å². The number of primary amides is 1. The number of fused-ring (bicyclic) bond motifs is 1. The number of hydrogen-bond acceptors (Lipinski definition) is 6. The molecule has 1 aromatic heterocycles. The Morgan fingerprint density at radius 3 is 2.50 bits per heavy atom. The molecule has 0 atom stereocenters. The minimum Gasteiger partial charge on any atom is -0.364 e. The normalized spacial score (nSPS) is 11.8. The van der Waals surface area contributed by atoms with E-state index in [-0.39, 0.29) is 16.2 Å². The van der Waals surface area contributed by atoms with Gasteiger partial charge in [0.25, 0.3) is 5.91 Å². The molecule has 3 aromatic rings. The highest BCUT2D eigenvalue weighted by Gasteiger charge is 2.22. The number of primary sulfonamides is 1. The Bertz CT molecular complexity index is 1250. The Morgan fingerprint density at radius 2 is 1.86 bits per heavy atom. The van der Waals surface area contributed by atoms with Gasteiger partial charge in [0.05, 0.1) is 10.4 Å². The van der Waals surface area contributed by atoms with Crippen molar-refractivity contribution in [2.24, 2.45) is 27.1 Å². The van der Waals surface area contributed by atoms with Crippen LogP contribution in [0.2, 0.25) is 0 Å². The van der Waals surface area contributed by atoms with E-state index in [0.717, 1.165) is 0 Å². The van der Waals surface area contributed by atoms with E-state index in [1.165, 1.54) is 18.2 Å². The van der Waals surface area contributed by atoms with Crippen LogP contribution >= 0.6 is 0 Å². The zero-order valence-corrected chi connectivity index (χ0v) is 15.1.